The maximum atomic E-state index is 11.7. The third-order valence-corrected chi connectivity index (χ3v) is 4.31. The fraction of sp³-hybridized carbons (Fsp3) is 0.857. The van der Waals surface area contributed by atoms with Gasteiger partial charge in [-0.15, -0.1) is 0 Å². The van der Waals surface area contributed by atoms with E-state index < -0.39 is 11.4 Å². The molecule has 0 aliphatic heterocycles. The van der Waals surface area contributed by atoms with Crippen LogP contribution in [0.1, 0.15) is 39.5 Å². The minimum atomic E-state index is -0.859. The summed E-state index contributed by atoms with van der Waals surface area (Å²) in [5.74, 6) is -0.851. The number of likely N-dealkylation sites (N-methyl/N-ethyl adjacent to an activating group) is 1. The summed E-state index contributed by atoms with van der Waals surface area (Å²) in [6.45, 7) is 5.24. The van der Waals surface area contributed by atoms with Gasteiger partial charge in [-0.1, -0.05) is 13.8 Å². The SMILES string of the molecule is CCC(CC)(CNC(=O)NCCN(C)C1CC1)C(=O)O. The predicted molar refractivity (Wildman–Crippen MR) is 77.7 cm³/mol. The Morgan fingerprint density at radius 2 is 1.85 bits per heavy atom. The van der Waals surface area contributed by atoms with Crippen LogP contribution in [0, 0.1) is 5.41 Å². The Morgan fingerprint density at radius 3 is 2.30 bits per heavy atom. The van der Waals surface area contributed by atoms with Crippen molar-refractivity contribution in [2.24, 2.45) is 5.41 Å². The molecule has 2 amide bonds. The third-order valence-electron chi connectivity index (χ3n) is 4.31. The van der Waals surface area contributed by atoms with Gasteiger partial charge in [-0.05, 0) is 32.7 Å². The lowest BCUT2D eigenvalue weighted by atomic mass is 9.82. The first kappa shape index (κ1) is 16.8. The van der Waals surface area contributed by atoms with Gasteiger partial charge in [0.1, 0.15) is 0 Å². The van der Waals surface area contributed by atoms with Crippen molar-refractivity contribution in [1.29, 1.82) is 0 Å². The molecule has 1 rings (SSSR count). The highest BCUT2D eigenvalue weighted by molar-refractivity contribution is 5.78. The highest BCUT2D eigenvalue weighted by atomic mass is 16.4. The molecule has 116 valence electrons. The number of hydrogen-bond donors (Lipinski definition) is 3. The molecule has 0 atom stereocenters. The highest BCUT2D eigenvalue weighted by Crippen LogP contribution is 2.25. The number of hydrogen-bond acceptors (Lipinski definition) is 3. The van der Waals surface area contributed by atoms with Crippen LogP contribution in [-0.4, -0.2) is 54.7 Å². The van der Waals surface area contributed by atoms with E-state index in [0.717, 1.165) is 6.54 Å². The van der Waals surface area contributed by atoms with Crippen LogP contribution in [0.2, 0.25) is 0 Å². The molecule has 1 aliphatic carbocycles. The number of nitrogens with zero attached hydrogens (tertiary/aromatic N) is 1. The van der Waals surface area contributed by atoms with Gasteiger partial charge in [0.25, 0.3) is 0 Å². The second-order valence-corrected chi connectivity index (χ2v) is 5.61. The van der Waals surface area contributed by atoms with E-state index >= 15 is 0 Å². The van der Waals surface area contributed by atoms with Gasteiger partial charge in [0.05, 0.1) is 5.41 Å². The molecule has 0 aromatic heterocycles. The van der Waals surface area contributed by atoms with E-state index in [0.29, 0.717) is 25.4 Å². The fourth-order valence-corrected chi connectivity index (χ4v) is 2.23. The van der Waals surface area contributed by atoms with Crippen molar-refractivity contribution in [3.8, 4) is 0 Å². The second kappa shape index (κ2) is 7.47. The Kier molecular flexibility index (Phi) is 6.26. The lowest BCUT2D eigenvalue weighted by Gasteiger charge is -2.27. The summed E-state index contributed by atoms with van der Waals surface area (Å²) in [4.78, 5) is 25.2. The van der Waals surface area contributed by atoms with Gasteiger partial charge < -0.3 is 20.6 Å². The molecule has 6 heteroatoms. The summed E-state index contributed by atoms with van der Waals surface area (Å²) in [5, 5.41) is 14.7. The second-order valence-electron chi connectivity index (χ2n) is 5.61. The Balaban J connectivity index is 2.25. The van der Waals surface area contributed by atoms with Crippen molar-refractivity contribution < 1.29 is 14.7 Å². The Labute approximate surface area is 120 Å². The Hall–Kier alpha value is -1.30. The fourth-order valence-electron chi connectivity index (χ4n) is 2.23. The van der Waals surface area contributed by atoms with E-state index in [4.69, 9.17) is 0 Å². The molecule has 0 saturated heterocycles. The number of nitrogens with one attached hydrogen (secondary N) is 2. The lowest BCUT2D eigenvalue weighted by molar-refractivity contribution is -0.149. The van der Waals surface area contributed by atoms with Crippen molar-refractivity contribution in [2.75, 3.05) is 26.7 Å². The van der Waals surface area contributed by atoms with E-state index in [1.807, 2.05) is 13.8 Å². The van der Waals surface area contributed by atoms with Crippen LogP contribution >= 0.6 is 0 Å². The molecule has 0 heterocycles. The first-order valence-electron chi connectivity index (χ1n) is 7.40. The molecule has 20 heavy (non-hydrogen) atoms. The number of amides is 2. The molecule has 1 saturated carbocycles. The van der Waals surface area contributed by atoms with Gasteiger partial charge in [-0.2, -0.15) is 0 Å². The van der Waals surface area contributed by atoms with Gasteiger partial charge in [-0.25, -0.2) is 4.79 Å². The normalized spacial score (nSPS) is 15.2. The van der Waals surface area contributed by atoms with Gasteiger partial charge in [-0.3, -0.25) is 4.79 Å². The first-order valence-corrected chi connectivity index (χ1v) is 7.40. The van der Waals surface area contributed by atoms with Gasteiger partial charge in [0, 0.05) is 25.7 Å². The van der Waals surface area contributed by atoms with Crippen molar-refractivity contribution in [3.05, 3.63) is 0 Å². The Morgan fingerprint density at radius 1 is 1.25 bits per heavy atom. The molecule has 1 aliphatic rings. The van der Waals surface area contributed by atoms with Crippen LogP contribution in [0.4, 0.5) is 4.79 Å². The smallest absolute Gasteiger partial charge is 0.314 e. The number of carboxylic acids is 1. The summed E-state index contributed by atoms with van der Waals surface area (Å²) in [6.07, 6.45) is 3.50. The molecule has 0 aromatic carbocycles. The number of aliphatic carboxylic acids is 1. The molecular formula is C14H27N3O3. The molecule has 0 spiro atoms. The van der Waals surface area contributed by atoms with Gasteiger partial charge >= 0.3 is 12.0 Å². The van der Waals surface area contributed by atoms with Gasteiger partial charge in [0.15, 0.2) is 0 Å². The summed E-state index contributed by atoms with van der Waals surface area (Å²) in [7, 11) is 2.06. The van der Waals surface area contributed by atoms with E-state index in [1.165, 1.54) is 12.8 Å². The van der Waals surface area contributed by atoms with E-state index in [9.17, 15) is 14.7 Å². The zero-order chi connectivity index (χ0) is 15.2. The Bertz CT molecular complexity index is 339. The minimum Gasteiger partial charge on any atom is -0.481 e. The first-order chi connectivity index (χ1) is 9.45. The van der Waals surface area contributed by atoms with E-state index in [1.54, 1.807) is 0 Å². The highest BCUT2D eigenvalue weighted by Gasteiger charge is 2.35. The summed E-state index contributed by atoms with van der Waals surface area (Å²) in [5.41, 5.74) is -0.859. The molecule has 1 fully saturated rings. The number of urea groups is 1. The van der Waals surface area contributed by atoms with Crippen molar-refractivity contribution in [1.82, 2.24) is 15.5 Å². The summed E-state index contributed by atoms with van der Waals surface area (Å²) in [6, 6.07) is 0.390. The van der Waals surface area contributed by atoms with Crippen molar-refractivity contribution in [2.45, 2.75) is 45.6 Å². The maximum absolute atomic E-state index is 11.7. The zero-order valence-electron chi connectivity index (χ0n) is 12.7. The van der Waals surface area contributed by atoms with Crippen molar-refractivity contribution in [3.63, 3.8) is 0 Å². The molecule has 3 N–H and O–H groups in total. The monoisotopic (exact) mass is 285 g/mol. The summed E-state index contributed by atoms with van der Waals surface area (Å²) < 4.78 is 0. The quantitative estimate of drug-likeness (QED) is 0.596. The van der Waals surface area contributed by atoms with Crippen LogP contribution in [0.5, 0.6) is 0 Å². The molecule has 0 unspecified atom stereocenters. The molecule has 0 radical (unpaired) electrons. The molecule has 0 aromatic rings. The standard InChI is InChI=1S/C14H27N3O3/c1-4-14(5-2,12(18)19)10-16-13(20)15-8-9-17(3)11-6-7-11/h11H,4-10H2,1-3H3,(H,18,19)(H2,15,16,20). The van der Waals surface area contributed by atoms with E-state index in [-0.39, 0.29) is 12.6 Å². The lowest BCUT2D eigenvalue weighted by Crippen LogP contribution is -2.47. The summed E-state index contributed by atoms with van der Waals surface area (Å²) >= 11 is 0. The molecule has 6 nitrogen and oxygen atoms in total. The van der Waals surface area contributed by atoms with Crippen molar-refractivity contribution >= 4 is 12.0 Å². The number of carboxylic acid groups (broad SMARTS) is 1. The van der Waals surface area contributed by atoms with Crippen LogP contribution in [0.25, 0.3) is 0 Å². The maximum Gasteiger partial charge on any atom is 0.314 e. The number of carbonyl (C=O) groups is 2. The zero-order valence-corrected chi connectivity index (χ0v) is 12.7. The molecular weight excluding hydrogens is 258 g/mol. The van der Waals surface area contributed by atoms with Crippen LogP contribution in [-0.2, 0) is 4.79 Å². The van der Waals surface area contributed by atoms with Gasteiger partial charge in [0.2, 0.25) is 0 Å². The topological polar surface area (TPSA) is 81.7 Å². The van der Waals surface area contributed by atoms with E-state index in [2.05, 4.69) is 22.6 Å². The average Bonchev–Trinajstić information content (AvgIpc) is 3.24. The third kappa shape index (κ3) is 4.67. The largest absolute Gasteiger partial charge is 0.481 e. The molecule has 0 bridgehead atoms. The minimum absolute atomic E-state index is 0.166. The predicted octanol–water partition coefficient (Wildman–Crippen LogP) is 1.27. The van der Waals surface area contributed by atoms with Crippen LogP contribution < -0.4 is 10.6 Å². The van der Waals surface area contributed by atoms with Crippen LogP contribution in [0.3, 0.4) is 0 Å². The number of carbonyl (C=O) groups excluding carboxylic acids is 1. The average molecular weight is 285 g/mol. The number of rotatable bonds is 9. The van der Waals surface area contributed by atoms with Crippen LogP contribution in [0.15, 0.2) is 0 Å².